The van der Waals surface area contributed by atoms with Gasteiger partial charge in [0.05, 0.1) is 6.61 Å². The molecule has 1 saturated heterocycles. The number of carbonyl (C=O) groups is 2. The third-order valence-corrected chi connectivity index (χ3v) is 4.08. The fraction of sp³-hybridized carbons (Fsp3) is 0.882. The Labute approximate surface area is 128 Å². The zero-order chi connectivity index (χ0) is 15.6. The monoisotopic (exact) mass is 298 g/mol. The fourth-order valence-electron chi connectivity index (χ4n) is 2.65. The van der Waals surface area contributed by atoms with E-state index in [1.165, 1.54) is 12.8 Å². The molecule has 0 aromatic rings. The lowest BCUT2D eigenvalue weighted by atomic mass is 9.96. The molecular weight excluding hydrogens is 268 g/mol. The van der Waals surface area contributed by atoms with Crippen molar-refractivity contribution in [2.45, 2.75) is 89.8 Å². The number of unbranched alkanes of at least 4 members (excludes halogenated alkanes) is 6. The first-order valence-corrected chi connectivity index (χ1v) is 8.48. The van der Waals surface area contributed by atoms with Crippen molar-refractivity contribution in [2.75, 3.05) is 6.61 Å². The van der Waals surface area contributed by atoms with Gasteiger partial charge in [-0.15, -0.1) is 0 Å². The number of carbonyl (C=O) groups excluding carboxylic acids is 2. The van der Waals surface area contributed by atoms with Crippen LogP contribution in [0.25, 0.3) is 0 Å². The highest BCUT2D eigenvalue weighted by atomic mass is 16.6. The molecule has 0 aliphatic carbocycles. The predicted molar refractivity (Wildman–Crippen MR) is 82.1 cm³/mol. The molecule has 1 fully saturated rings. The van der Waals surface area contributed by atoms with Crippen molar-refractivity contribution in [3.05, 3.63) is 0 Å². The van der Waals surface area contributed by atoms with Crippen molar-refractivity contribution in [3.63, 3.8) is 0 Å². The molecule has 0 radical (unpaired) electrons. The Kier molecular flexibility index (Phi) is 8.58. The lowest BCUT2D eigenvalue weighted by Crippen LogP contribution is -2.51. The molecule has 2 unspecified atom stereocenters. The van der Waals surface area contributed by atoms with Crippen LogP contribution in [0, 0.1) is 0 Å². The standard InChI is InChI=1S/C17H30O4/c1-3-5-7-9-11-15-16(19)21-17(13-18,14-20-15)12-10-8-6-4-2/h13,15H,3-12,14H2,1-2H3. The number of aldehydes is 1. The maximum absolute atomic E-state index is 12.0. The second kappa shape index (κ2) is 9.93. The summed E-state index contributed by atoms with van der Waals surface area (Å²) in [5, 5.41) is 0. The minimum Gasteiger partial charge on any atom is -0.447 e. The van der Waals surface area contributed by atoms with E-state index in [2.05, 4.69) is 13.8 Å². The van der Waals surface area contributed by atoms with Crippen LogP contribution in [0.4, 0.5) is 0 Å². The van der Waals surface area contributed by atoms with Gasteiger partial charge in [0, 0.05) is 0 Å². The summed E-state index contributed by atoms with van der Waals surface area (Å²) in [6.07, 6.45) is 10.2. The number of esters is 1. The van der Waals surface area contributed by atoms with E-state index in [4.69, 9.17) is 9.47 Å². The molecule has 2 atom stereocenters. The molecule has 0 amide bonds. The van der Waals surface area contributed by atoms with E-state index >= 15 is 0 Å². The van der Waals surface area contributed by atoms with Crippen LogP contribution in [0.1, 0.15) is 78.1 Å². The van der Waals surface area contributed by atoms with Gasteiger partial charge in [0.2, 0.25) is 0 Å². The van der Waals surface area contributed by atoms with Crippen LogP contribution in [0.5, 0.6) is 0 Å². The minimum absolute atomic E-state index is 0.215. The quantitative estimate of drug-likeness (QED) is 0.331. The number of hydrogen-bond acceptors (Lipinski definition) is 4. The first-order chi connectivity index (χ1) is 10.2. The second-order valence-electron chi connectivity index (χ2n) is 6.06. The Balaban J connectivity index is 2.37. The highest BCUT2D eigenvalue weighted by molar-refractivity contribution is 5.79. The van der Waals surface area contributed by atoms with Crippen LogP contribution in [0.2, 0.25) is 0 Å². The molecule has 0 bridgehead atoms. The highest BCUT2D eigenvalue weighted by Crippen LogP contribution is 2.26. The molecule has 1 rings (SSSR count). The number of cyclic esters (lactones) is 1. The Bertz CT molecular complexity index is 316. The van der Waals surface area contributed by atoms with E-state index in [1.54, 1.807) is 0 Å². The van der Waals surface area contributed by atoms with Gasteiger partial charge in [-0.1, -0.05) is 58.8 Å². The Morgan fingerprint density at radius 3 is 2.33 bits per heavy atom. The van der Waals surface area contributed by atoms with Gasteiger partial charge in [0.25, 0.3) is 0 Å². The number of hydrogen-bond donors (Lipinski definition) is 0. The normalized spacial score (nSPS) is 25.6. The van der Waals surface area contributed by atoms with E-state index < -0.39 is 11.7 Å². The highest BCUT2D eigenvalue weighted by Gasteiger charge is 2.42. The van der Waals surface area contributed by atoms with Crippen molar-refractivity contribution >= 4 is 12.3 Å². The third-order valence-electron chi connectivity index (χ3n) is 4.08. The van der Waals surface area contributed by atoms with Crippen LogP contribution in [0.3, 0.4) is 0 Å². The van der Waals surface area contributed by atoms with E-state index in [1.807, 2.05) is 0 Å². The number of rotatable bonds is 11. The largest absolute Gasteiger partial charge is 0.447 e. The van der Waals surface area contributed by atoms with Crippen LogP contribution < -0.4 is 0 Å². The molecule has 0 saturated carbocycles. The Morgan fingerprint density at radius 2 is 1.76 bits per heavy atom. The van der Waals surface area contributed by atoms with Gasteiger partial charge in [-0.3, -0.25) is 4.79 Å². The molecule has 1 aliphatic rings. The molecule has 0 aromatic heterocycles. The molecule has 1 heterocycles. The van der Waals surface area contributed by atoms with Crippen molar-refractivity contribution in [2.24, 2.45) is 0 Å². The van der Waals surface area contributed by atoms with Crippen LogP contribution in [0.15, 0.2) is 0 Å². The summed E-state index contributed by atoms with van der Waals surface area (Å²) >= 11 is 0. The molecule has 0 N–H and O–H groups in total. The zero-order valence-corrected chi connectivity index (χ0v) is 13.6. The molecule has 4 nitrogen and oxygen atoms in total. The van der Waals surface area contributed by atoms with Crippen LogP contribution in [-0.2, 0) is 19.1 Å². The van der Waals surface area contributed by atoms with Crippen LogP contribution in [-0.4, -0.2) is 30.6 Å². The lowest BCUT2D eigenvalue weighted by Gasteiger charge is -2.35. The molecule has 4 heteroatoms. The summed E-state index contributed by atoms with van der Waals surface area (Å²) in [6.45, 7) is 4.51. The van der Waals surface area contributed by atoms with Gasteiger partial charge in [0.15, 0.2) is 18.0 Å². The van der Waals surface area contributed by atoms with Crippen molar-refractivity contribution in [1.29, 1.82) is 0 Å². The van der Waals surface area contributed by atoms with E-state index in [0.29, 0.717) is 12.8 Å². The smallest absolute Gasteiger partial charge is 0.336 e. The van der Waals surface area contributed by atoms with Gasteiger partial charge >= 0.3 is 5.97 Å². The summed E-state index contributed by atoms with van der Waals surface area (Å²) in [5.41, 5.74) is -1.04. The average molecular weight is 298 g/mol. The van der Waals surface area contributed by atoms with Gasteiger partial charge in [-0.25, -0.2) is 4.79 Å². The SMILES string of the molecule is CCCCCCC1OCC(C=O)(CCCCCC)OC1=O. The van der Waals surface area contributed by atoms with Crippen molar-refractivity contribution in [3.8, 4) is 0 Å². The Morgan fingerprint density at radius 1 is 1.10 bits per heavy atom. The topological polar surface area (TPSA) is 52.6 Å². The van der Waals surface area contributed by atoms with E-state index in [9.17, 15) is 9.59 Å². The fourth-order valence-corrected chi connectivity index (χ4v) is 2.65. The molecule has 1 aliphatic heterocycles. The maximum atomic E-state index is 12.0. The zero-order valence-electron chi connectivity index (χ0n) is 13.6. The summed E-state index contributed by atoms with van der Waals surface area (Å²) in [7, 11) is 0. The van der Waals surface area contributed by atoms with Crippen molar-refractivity contribution in [1.82, 2.24) is 0 Å². The van der Waals surface area contributed by atoms with Gasteiger partial charge < -0.3 is 9.47 Å². The average Bonchev–Trinajstić information content (AvgIpc) is 2.50. The van der Waals surface area contributed by atoms with Crippen LogP contribution >= 0.6 is 0 Å². The first-order valence-electron chi connectivity index (χ1n) is 8.48. The van der Waals surface area contributed by atoms with Gasteiger partial charge in [0.1, 0.15) is 0 Å². The molecule has 122 valence electrons. The van der Waals surface area contributed by atoms with Crippen molar-refractivity contribution < 1.29 is 19.1 Å². The Hall–Kier alpha value is -0.900. The van der Waals surface area contributed by atoms with E-state index in [-0.39, 0.29) is 12.6 Å². The summed E-state index contributed by atoms with van der Waals surface area (Å²) in [5.74, 6) is -0.361. The predicted octanol–water partition coefficient (Wildman–Crippen LogP) is 3.81. The number of ether oxygens (including phenoxy) is 2. The second-order valence-corrected chi connectivity index (χ2v) is 6.06. The van der Waals surface area contributed by atoms with E-state index in [0.717, 1.165) is 44.8 Å². The first kappa shape index (κ1) is 18.1. The van der Waals surface area contributed by atoms with Gasteiger partial charge in [-0.2, -0.15) is 0 Å². The summed E-state index contributed by atoms with van der Waals surface area (Å²) in [6, 6.07) is 0. The molecule has 21 heavy (non-hydrogen) atoms. The lowest BCUT2D eigenvalue weighted by molar-refractivity contribution is -0.204. The molecule has 0 spiro atoms. The third kappa shape index (κ3) is 6.16. The minimum atomic E-state index is -1.04. The summed E-state index contributed by atoms with van der Waals surface area (Å²) < 4.78 is 11.1. The molecule has 0 aromatic carbocycles. The molecular formula is C17H30O4. The maximum Gasteiger partial charge on any atom is 0.336 e. The van der Waals surface area contributed by atoms with Gasteiger partial charge in [-0.05, 0) is 19.3 Å². The summed E-state index contributed by atoms with van der Waals surface area (Å²) in [4.78, 5) is 23.4.